The van der Waals surface area contributed by atoms with Crippen molar-refractivity contribution in [2.24, 2.45) is 0 Å². The van der Waals surface area contributed by atoms with Gasteiger partial charge in [-0.05, 0) is 31.9 Å². The van der Waals surface area contributed by atoms with Gasteiger partial charge in [-0.1, -0.05) is 25.1 Å². The second kappa shape index (κ2) is 6.31. The summed E-state index contributed by atoms with van der Waals surface area (Å²) in [6.45, 7) is 5.52. The Hall–Kier alpha value is -0.910. The van der Waals surface area contributed by atoms with Crippen molar-refractivity contribution in [3.05, 3.63) is 29.8 Å². The number of hydrogen-bond acceptors (Lipinski definition) is 3. The van der Waals surface area contributed by atoms with E-state index in [1.54, 1.807) is 25.1 Å². The average Bonchev–Trinajstić information content (AvgIpc) is 2.35. The topological polar surface area (TPSA) is 57.6 Å². The highest BCUT2D eigenvalue weighted by Gasteiger charge is 2.28. The van der Waals surface area contributed by atoms with Crippen molar-refractivity contribution in [2.45, 2.75) is 38.1 Å². The Labute approximate surface area is 109 Å². The quantitative estimate of drug-likeness (QED) is 0.858. The molecule has 0 amide bonds. The third-order valence-electron chi connectivity index (χ3n) is 3.08. The molecule has 1 aromatic carbocycles. The SMILES string of the molecule is CCC(C)N(CCO)S(=O)(=O)c1ccccc1C. The van der Waals surface area contributed by atoms with E-state index in [2.05, 4.69) is 0 Å². The molecule has 0 saturated heterocycles. The molecule has 0 heterocycles. The van der Waals surface area contributed by atoms with Crippen molar-refractivity contribution >= 4 is 10.0 Å². The predicted molar refractivity (Wildman–Crippen MR) is 71.9 cm³/mol. The van der Waals surface area contributed by atoms with Gasteiger partial charge >= 0.3 is 0 Å². The van der Waals surface area contributed by atoms with Crippen molar-refractivity contribution in [3.8, 4) is 0 Å². The first-order valence-electron chi connectivity index (χ1n) is 6.13. The van der Waals surface area contributed by atoms with E-state index >= 15 is 0 Å². The van der Waals surface area contributed by atoms with Crippen LogP contribution >= 0.6 is 0 Å². The molecule has 0 aliphatic carbocycles. The molecule has 4 nitrogen and oxygen atoms in total. The maximum Gasteiger partial charge on any atom is 0.243 e. The Balaban J connectivity index is 3.21. The summed E-state index contributed by atoms with van der Waals surface area (Å²) in [6, 6.07) is 6.79. The number of aryl methyl sites for hydroxylation is 1. The lowest BCUT2D eigenvalue weighted by Gasteiger charge is -2.27. The third-order valence-corrected chi connectivity index (χ3v) is 5.26. The van der Waals surface area contributed by atoms with Gasteiger partial charge in [0.25, 0.3) is 0 Å². The number of benzene rings is 1. The molecule has 1 atom stereocenters. The van der Waals surface area contributed by atoms with Crippen molar-refractivity contribution in [3.63, 3.8) is 0 Å². The Bertz CT molecular complexity index is 485. The monoisotopic (exact) mass is 271 g/mol. The summed E-state index contributed by atoms with van der Waals surface area (Å²) in [4.78, 5) is 0.318. The smallest absolute Gasteiger partial charge is 0.243 e. The van der Waals surface area contributed by atoms with Crippen LogP contribution in [0.2, 0.25) is 0 Å². The summed E-state index contributed by atoms with van der Waals surface area (Å²) < 4.78 is 26.5. The van der Waals surface area contributed by atoms with Gasteiger partial charge in [0.05, 0.1) is 11.5 Å². The van der Waals surface area contributed by atoms with Gasteiger partial charge in [-0.2, -0.15) is 4.31 Å². The van der Waals surface area contributed by atoms with Crippen LogP contribution in [-0.2, 0) is 10.0 Å². The molecule has 0 bridgehead atoms. The van der Waals surface area contributed by atoms with Crippen molar-refractivity contribution in [1.29, 1.82) is 0 Å². The molecule has 1 aromatic rings. The standard InChI is InChI=1S/C13H21NO3S/c1-4-12(3)14(9-10-15)18(16,17)13-8-6-5-7-11(13)2/h5-8,12,15H,4,9-10H2,1-3H3. The molecule has 0 saturated carbocycles. The minimum absolute atomic E-state index is 0.123. The number of sulfonamides is 1. The van der Waals surface area contributed by atoms with Crippen LogP contribution in [0, 0.1) is 6.92 Å². The minimum atomic E-state index is -3.53. The number of aliphatic hydroxyl groups excluding tert-OH is 1. The lowest BCUT2D eigenvalue weighted by molar-refractivity contribution is 0.229. The first kappa shape index (κ1) is 15.1. The molecular formula is C13H21NO3S. The van der Waals surface area contributed by atoms with Crippen molar-refractivity contribution < 1.29 is 13.5 Å². The summed E-state index contributed by atoms with van der Waals surface area (Å²) in [5.74, 6) is 0. The van der Waals surface area contributed by atoms with Crippen LogP contribution in [0.1, 0.15) is 25.8 Å². The van der Waals surface area contributed by atoms with Gasteiger partial charge in [-0.25, -0.2) is 8.42 Å². The van der Waals surface area contributed by atoms with Crippen LogP contribution in [0.15, 0.2) is 29.2 Å². The summed E-state index contributed by atoms with van der Waals surface area (Å²) in [7, 11) is -3.53. The number of nitrogens with zero attached hydrogens (tertiary/aromatic N) is 1. The Kier molecular flexibility index (Phi) is 5.31. The van der Waals surface area contributed by atoms with E-state index in [-0.39, 0.29) is 19.2 Å². The molecule has 0 aromatic heterocycles. The third kappa shape index (κ3) is 3.10. The lowest BCUT2D eigenvalue weighted by Crippen LogP contribution is -2.40. The van der Waals surface area contributed by atoms with Gasteiger partial charge in [-0.15, -0.1) is 0 Å². The van der Waals surface area contributed by atoms with E-state index in [9.17, 15) is 8.42 Å². The molecule has 0 fully saturated rings. The van der Waals surface area contributed by atoms with Gasteiger partial charge in [0.1, 0.15) is 0 Å². The van der Waals surface area contributed by atoms with Gasteiger partial charge in [0, 0.05) is 12.6 Å². The fraction of sp³-hybridized carbons (Fsp3) is 0.538. The van der Waals surface area contributed by atoms with Crippen LogP contribution < -0.4 is 0 Å². The Morgan fingerprint density at radius 3 is 2.44 bits per heavy atom. The Morgan fingerprint density at radius 2 is 1.94 bits per heavy atom. The summed E-state index contributed by atoms with van der Waals surface area (Å²) in [5, 5.41) is 9.05. The molecule has 1 N–H and O–H groups in total. The summed E-state index contributed by atoms with van der Waals surface area (Å²) >= 11 is 0. The first-order chi connectivity index (χ1) is 8.45. The predicted octanol–water partition coefficient (Wildman–Crippen LogP) is 1.78. The van der Waals surface area contributed by atoms with E-state index in [0.29, 0.717) is 11.3 Å². The van der Waals surface area contributed by atoms with Gasteiger partial charge < -0.3 is 5.11 Å². The second-order valence-electron chi connectivity index (χ2n) is 4.36. The normalized spacial score (nSPS) is 13.8. The zero-order chi connectivity index (χ0) is 13.8. The van der Waals surface area contributed by atoms with Crippen LogP contribution in [-0.4, -0.2) is 37.0 Å². The molecule has 0 spiro atoms. The highest BCUT2D eigenvalue weighted by atomic mass is 32.2. The molecule has 102 valence electrons. The molecule has 0 aliphatic heterocycles. The van der Waals surface area contributed by atoms with Crippen molar-refractivity contribution in [2.75, 3.05) is 13.2 Å². The van der Waals surface area contributed by atoms with E-state index in [1.165, 1.54) is 4.31 Å². The molecule has 0 radical (unpaired) electrons. The number of hydrogen-bond donors (Lipinski definition) is 1. The van der Waals surface area contributed by atoms with E-state index in [4.69, 9.17) is 5.11 Å². The lowest BCUT2D eigenvalue weighted by atomic mass is 10.2. The molecule has 18 heavy (non-hydrogen) atoms. The molecule has 1 rings (SSSR count). The van der Waals surface area contributed by atoms with Gasteiger partial charge in [-0.3, -0.25) is 0 Å². The maximum absolute atomic E-state index is 12.6. The molecule has 5 heteroatoms. The number of aliphatic hydroxyl groups is 1. The second-order valence-corrected chi connectivity index (χ2v) is 6.22. The highest BCUT2D eigenvalue weighted by Crippen LogP contribution is 2.22. The zero-order valence-electron chi connectivity index (χ0n) is 11.1. The van der Waals surface area contributed by atoms with E-state index in [0.717, 1.165) is 5.56 Å². The van der Waals surface area contributed by atoms with E-state index < -0.39 is 10.0 Å². The highest BCUT2D eigenvalue weighted by molar-refractivity contribution is 7.89. The van der Waals surface area contributed by atoms with Crippen LogP contribution in [0.25, 0.3) is 0 Å². The number of rotatable bonds is 6. The average molecular weight is 271 g/mol. The van der Waals surface area contributed by atoms with E-state index in [1.807, 2.05) is 19.9 Å². The van der Waals surface area contributed by atoms with Gasteiger partial charge in [0.15, 0.2) is 0 Å². The zero-order valence-corrected chi connectivity index (χ0v) is 11.9. The maximum atomic E-state index is 12.6. The molecule has 0 aliphatic rings. The summed E-state index contributed by atoms with van der Waals surface area (Å²) in [6.07, 6.45) is 0.713. The summed E-state index contributed by atoms with van der Waals surface area (Å²) in [5.41, 5.74) is 0.726. The van der Waals surface area contributed by atoms with Crippen LogP contribution in [0.5, 0.6) is 0 Å². The molecular weight excluding hydrogens is 250 g/mol. The fourth-order valence-corrected chi connectivity index (χ4v) is 3.77. The van der Waals surface area contributed by atoms with Crippen molar-refractivity contribution in [1.82, 2.24) is 4.31 Å². The fourth-order valence-electron chi connectivity index (χ4n) is 1.85. The largest absolute Gasteiger partial charge is 0.395 e. The van der Waals surface area contributed by atoms with Gasteiger partial charge in [0.2, 0.25) is 10.0 Å². The minimum Gasteiger partial charge on any atom is -0.395 e. The molecule has 1 unspecified atom stereocenters. The van der Waals surface area contributed by atoms with Crippen LogP contribution in [0.4, 0.5) is 0 Å². The van der Waals surface area contributed by atoms with Crippen LogP contribution in [0.3, 0.4) is 0 Å². The first-order valence-corrected chi connectivity index (χ1v) is 7.57. The Morgan fingerprint density at radius 1 is 1.33 bits per heavy atom.